The summed E-state index contributed by atoms with van der Waals surface area (Å²) >= 11 is 6.51. The maximum atomic E-state index is 14.2. The van der Waals surface area contributed by atoms with Gasteiger partial charge in [-0.1, -0.05) is 83.8 Å². The molecule has 0 bridgehead atoms. The first-order chi connectivity index (χ1) is 25.5. The van der Waals surface area contributed by atoms with E-state index >= 15 is 0 Å². The number of hydrogen-bond acceptors (Lipinski definition) is 6. The van der Waals surface area contributed by atoms with Crippen molar-refractivity contribution in [3.63, 3.8) is 0 Å². The van der Waals surface area contributed by atoms with E-state index in [1.54, 1.807) is 18.7 Å². The van der Waals surface area contributed by atoms with Crippen LogP contribution in [0.25, 0.3) is 0 Å². The number of carboxylic acid groups (broad SMARTS) is 1. The van der Waals surface area contributed by atoms with Crippen molar-refractivity contribution in [2.45, 2.75) is 152 Å². The van der Waals surface area contributed by atoms with Crippen LogP contribution in [0, 0.1) is 56.2 Å². The number of carbonyl (C=O) groups excluding carboxylic acids is 3. The molecule has 0 aliphatic heterocycles. The molecule has 9 atom stereocenters. The Bertz CT molecular complexity index is 1770. The summed E-state index contributed by atoms with van der Waals surface area (Å²) < 4.78 is 6.16. The molecule has 0 saturated heterocycles. The molecule has 0 spiro atoms. The molecule has 1 unspecified atom stereocenters. The van der Waals surface area contributed by atoms with Crippen LogP contribution in [0.3, 0.4) is 0 Å². The number of benzene rings is 1. The summed E-state index contributed by atoms with van der Waals surface area (Å²) in [6.45, 7) is 21.3. The van der Waals surface area contributed by atoms with Crippen molar-refractivity contribution in [1.29, 1.82) is 0 Å². The molecule has 1 aromatic carbocycles. The number of fused-ring (bicyclic) bond motifs is 7. The molecule has 4 fully saturated rings. The van der Waals surface area contributed by atoms with Gasteiger partial charge in [-0.25, -0.2) is 0 Å². The molecule has 304 valence electrons. The number of halogens is 1. The third-order valence-electron chi connectivity index (χ3n) is 16.7. The fourth-order valence-electron chi connectivity index (χ4n) is 13.4. The molecule has 5 aliphatic rings. The van der Waals surface area contributed by atoms with Crippen molar-refractivity contribution in [3.8, 4) is 0 Å². The molecule has 0 radical (unpaired) electrons. The summed E-state index contributed by atoms with van der Waals surface area (Å²) in [6.07, 6.45) is 6.28. The normalized spacial score (nSPS) is 36.0. The number of rotatable bonds is 10. The Balaban J connectivity index is 1.29. The van der Waals surface area contributed by atoms with E-state index in [2.05, 4.69) is 48.5 Å². The Morgan fingerprint density at radius 2 is 1.62 bits per heavy atom. The topological polar surface area (TPSA) is 121 Å². The minimum atomic E-state index is -1.18. The van der Waals surface area contributed by atoms with Gasteiger partial charge in [0.25, 0.3) is 0 Å². The molecule has 5 aliphatic carbocycles. The van der Waals surface area contributed by atoms with Crippen molar-refractivity contribution in [3.05, 3.63) is 46.0 Å². The second kappa shape index (κ2) is 14.3. The van der Waals surface area contributed by atoms with Gasteiger partial charge in [0.1, 0.15) is 6.10 Å². The van der Waals surface area contributed by atoms with Crippen LogP contribution >= 0.6 is 11.6 Å². The van der Waals surface area contributed by atoms with E-state index in [1.807, 2.05) is 24.3 Å². The first kappa shape index (κ1) is 41.9. The fourth-order valence-corrected chi connectivity index (χ4v) is 13.6. The zero-order chi connectivity index (χ0) is 40.7. The summed E-state index contributed by atoms with van der Waals surface area (Å²) in [6, 6.07) is 7.49. The number of carboxylic acids is 1. The number of ketones is 1. The number of allylic oxidation sites excluding steroid dienone is 1. The van der Waals surface area contributed by atoms with Crippen molar-refractivity contribution < 1.29 is 34.1 Å². The highest BCUT2D eigenvalue weighted by Crippen LogP contribution is 2.77. The summed E-state index contributed by atoms with van der Waals surface area (Å²) in [5, 5.41) is 22.6. The number of aliphatic hydroxyl groups is 1. The van der Waals surface area contributed by atoms with Crippen molar-refractivity contribution in [2.24, 2.45) is 56.2 Å². The Morgan fingerprint density at radius 3 is 2.24 bits per heavy atom. The number of aliphatic carboxylic acids is 1. The zero-order valence-corrected chi connectivity index (χ0v) is 35.8. The number of ether oxygens (including phenoxy) is 1. The highest BCUT2D eigenvalue weighted by atomic mass is 35.5. The molecule has 2 N–H and O–H groups in total. The molecule has 1 aromatic rings. The number of aliphatic hydroxyl groups excluding tert-OH is 1. The van der Waals surface area contributed by atoms with E-state index in [1.165, 1.54) is 12.5 Å². The predicted molar refractivity (Wildman–Crippen MR) is 214 cm³/mol. The zero-order valence-electron chi connectivity index (χ0n) is 35.0. The number of Topliss-reactive ketones (excluding diaryl/α,β-unsaturated/α-hetero) is 1. The monoisotopic (exact) mass is 779 g/mol. The van der Waals surface area contributed by atoms with Gasteiger partial charge >= 0.3 is 11.9 Å². The number of carbonyl (C=O) groups is 4. The average Bonchev–Trinajstić information content (AvgIpc) is 3.40. The molecule has 55 heavy (non-hydrogen) atoms. The lowest BCUT2D eigenvalue weighted by molar-refractivity contribution is -0.235. The van der Waals surface area contributed by atoms with Crippen LogP contribution in [-0.2, 0) is 30.5 Å². The second-order valence-electron chi connectivity index (χ2n) is 20.6. The molecule has 4 saturated carbocycles. The van der Waals surface area contributed by atoms with Crippen LogP contribution in [-0.4, -0.2) is 57.5 Å². The van der Waals surface area contributed by atoms with E-state index in [0.717, 1.165) is 56.1 Å². The van der Waals surface area contributed by atoms with Gasteiger partial charge in [0.05, 0.1) is 17.9 Å². The van der Waals surface area contributed by atoms with E-state index in [0.29, 0.717) is 36.2 Å². The van der Waals surface area contributed by atoms with E-state index < -0.39 is 28.9 Å². The lowest BCUT2D eigenvalue weighted by atomic mass is 9.33. The molecule has 6 rings (SSSR count). The molecule has 0 aromatic heterocycles. The summed E-state index contributed by atoms with van der Waals surface area (Å²) in [5.41, 5.74) is 0.654. The van der Waals surface area contributed by atoms with Crippen molar-refractivity contribution >= 4 is 35.2 Å². The summed E-state index contributed by atoms with van der Waals surface area (Å²) in [5.74, 6) is -0.481. The quantitative estimate of drug-likeness (QED) is 0.227. The average molecular weight is 780 g/mol. The van der Waals surface area contributed by atoms with Gasteiger partial charge in [0.2, 0.25) is 5.91 Å². The molecule has 1 amide bonds. The maximum Gasteiger partial charge on any atom is 0.309 e. The Hall–Kier alpha value is -2.71. The van der Waals surface area contributed by atoms with Crippen molar-refractivity contribution in [2.75, 3.05) is 6.54 Å². The first-order valence-electron chi connectivity index (χ1n) is 20.8. The fraction of sp³-hybridized carbons (Fsp3) is 0.739. The van der Waals surface area contributed by atoms with Gasteiger partial charge in [0.15, 0.2) is 5.78 Å². The van der Waals surface area contributed by atoms with Gasteiger partial charge in [0, 0.05) is 42.3 Å². The SMILES string of the molecule is CC(=O)N(Cc1ccccc1Cl)C[C@H](O)[C@@]12CC[C@]3(C)[C@H](CC[C@@H]4[C@@]5(C)CC[C@H](OC(=O)CC(C)(C)C(=O)O)C(C)(C)C5CC[C@]43C)C1=C(C(C)C)C(=O)C2. The minimum Gasteiger partial charge on any atom is -0.481 e. The van der Waals surface area contributed by atoms with Gasteiger partial charge < -0.3 is 19.8 Å². The van der Waals surface area contributed by atoms with Crippen LogP contribution in [0.2, 0.25) is 5.02 Å². The lowest BCUT2D eigenvalue weighted by Gasteiger charge is -2.72. The van der Waals surface area contributed by atoms with Gasteiger partial charge in [-0.3, -0.25) is 19.2 Å². The Kier molecular flexibility index (Phi) is 10.9. The van der Waals surface area contributed by atoms with Crippen LogP contribution in [0.15, 0.2) is 35.4 Å². The molecule has 8 nitrogen and oxygen atoms in total. The van der Waals surface area contributed by atoms with E-state index in [9.17, 15) is 29.4 Å². The first-order valence-corrected chi connectivity index (χ1v) is 21.2. The van der Waals surface area contributed by atoms with Crippen LogP contribution < -0.4 is 0 Å². The van der Waals surface area contributed by atoms with E-state index in [4.69, 9.17) is 16.3 Å². The molecule has 9 heteroatoms. The summed E-state index contributed by atoms with van der Waals surface area (Å²) in [4.78, 5) is 53.8. The third kappa shape index (κ3) is 6.61. The van der Waals surface area contributed by atoms with Gasteiger partial charge in [-0.2, -0.15) is 0 Å². The number of esters is 1. The summed E-state index contributed by atoms with van der Waals surface area (Å²) in [7, 11) is 0. The Labute approximate surface area is 334 Å². The largest absolute Gasteiger partial charge is 0.481 e. The molecule has 0 heterocycles. The maximum absolute atomic E-state index is 14.2. The minimum absolute atomic E-state index is 0.0143. The second-order valence-corrected chi connectivity index (χ2v) is 21.0. The molecular weight excluding hydrogens is 714 g/mol. The van der Waals surface area contributed by atoms with Crippen LogP contribution in [0.1, 0.15) is 139 Å². The highest BCUT2D eigenvalue weighted by molar-refractivity contribution is 6.31. The predicted octanol–water partition coefficient (Wildman–Crippen LogP) is 9.44. The third-order valence-corrected chi connectivity index (χ3v) is 17.0. The van der Waals surface area contributed by atoms with Gasteiger partial charge in [-0.15, -0.1) is 0 Å². The Morgan fingerprint density at radius 1 is 0.945 bits per heavy atom. The lowest BCUT2D eigenvalue weighted by Crippen LogP contribution is -2.66. The number of amides is 1. The van der Waals surface area contributed by atoms with Crippen LogP contribution in [0.4, 0.5) is 0 Å². The van der Waals surface area contributed by atoms with Gasteiger partial charge in [-0.05, 0) is 122 Å². The molecular formula is C46H66ClNO7. The van der Waals surface area contributed by atoms with Crippen molar-refractivity contribution in [1.82, 2.24) is 4.90 Å². The van der Waals surface area contributed by atoms with Crippen LogP contribution in [0.5, 0.6) is 0 Å². The van der Waals surface area contributed by atoms with E-state index in [-0.39, 0.29) is 64.3 Å². The number of hydrogen-bond donors (Lipinski definition) is 2. The highest BCUT2D eigenvalue weighted by Gasteiger charge is 2.71. The smallest absolute Gasteiger partial charge is 0.309 e. The standard InChI is InChI=1S/C46H66ClNO7/c1-27(2)38-32(50)23-46(35(51)26-48(28(3)49)25-29-13-11-12-14-31(29)47)22-21-44(9)30(39(38)46)15-16-34-43(8)19-18-36(55-37(52)24-41(4,5)40(53)54)42(6,7)33(43)17-20-45(34,44)10/h11-14,27,30,33-36,51H,15-26H2,1-10H3,(H,53,54)/t30-,33?,34-,35+,36+,43+,44-,45-,46+/m1/s1. The number of nitrogens with zero attached hydrogens (tertiary/aromatic N) is 1.